The van der Waals surface area contributed by atoms with E-state index >= 15 is 0 Å². The van der Waals surface area contributed by atoms with Gasteiger partial charge in [-0.3, -0.25) is 5.32 Å². The quantitative estimate of drug-likeness (QED) is 0.277. The molecule has 0 aromatic carbocycles. The van der Waals surface area contributed by atoms with Crippen molar-refractivity contribution in [3.63, 3.8) is 0 Å². The third kappa shape index (κ3) is 1.08. The molecule has 0 radical (unpaired) electrons. The number of nitrogens with two attached hydrogens (primary N) is 1. The van der Waals surface area contributed by atoms with E-state index in [1.165, 1.54) is 0 Å². The SMILES string of the molecule is NN1CNC(=O)NC1=O. The molecule has 1 aliphatic rings. The van der Waals surface area contributed by atoms with Crippen molar-refractivity contribution in [1.29, 1.82) is 0 Å². The summed E-state index contributed by atoms with van der Waals surface area (Å²) in [7, 11) is 0. The van der Waals surface area contributed by atoms with Crippen LogP contribution in [0.4, 0.5) is 9.59 Å². The highest BCUT2D eigenvalue weighted by atomic mass is 16.2. The lowest BCUT2D eigenvalue weighted by Crippen LogP contribution is -2.59. The number of urea groups is 2. The highest BCUT2D eigenvalue weighted by Gasteiger charge is 2.18. The number of carbonyl (C=O) groups is 2. The van der Waals surface area contributed by atoms with Gasteiger partial charge in [-0.1, -0.05) is 0 Å². The van der Waals surface area contributed by atoms with Crippen molar-refractivity contribution < 1.29 is 9.59 Å². The van der Waals surface area contributed by atoms with Crippen molar-refractivity contribution in [2.24, 2.45) is 5.84 Å². The second-order valence-corrected chi connectivity index (χ2v) is 1.56. The molecule has 0 unspecified atom stereocenters. The monoisotopic (exact) mass is 130 g/mol. The molecule has 0 bridgehead atoms. The number of amides is 4. The summed E-state index contributed by atoms with van der Waals surface area (Å²) in [5.41, 5.74) is 0. The number of nitrogens with one attached hydrogen (secondary N) is 2. The Bertz CT molecular complexity index is 156. The average molecular weight is 130 g/mol. The van der Waals surface area contributed by atoms with E-state index in [1.807, 2.05) is 5.32 Å². The van der Waals surface area contributed by atoms with E-state index in [0.29, 0.717) is 0 Å². The Morgan fingerprint density at radius 3 is 2.67 bits per heavy atom. The highest BCUT2D eigenvalue weighted by Crippen LogP contribution is 1.82. The zero-order valence-corrected chi connectivity index (χ0v) is 4.55. The van der Waals surface area contributed by atoms with Gasteiger partial charge in [-0.05, 0) is 0 Å². The number of hydrazine groups is 1. The van der Waals surface area contributed by atoms with Crippen LogP contribution >= 0.6 is 0 Å². The Morgan fingerprint density at radius 1 is 1.56 bits per heavy atom. The second kappa shape index (κ2) is 1.90. The molecule has 0 saturated carbocycles. The predicted octanol–water partition coefficient (Wildman–Crippen LogP) is -1.45. The van der Waals surface area contributed by atoms with Crippen LogP contribution in [0.1, 0.15) is 0 Å². The summed E-state index contributed by atoms with van der Waals surface area (Å²) in [4.78, 5) is 20.7. The summed E-state index contributed by atoms with van der Waals surface area (Å²) in [5.74, 6) is 5.05. The van der Waals surface area contributed by atoms with Gasteiger partial charge in [0, 0.05) is 0 Å². The van der Waals surface area contributed by atoms with Gasteiger partial charge in [0.15, 0.2) is 0 Å². The van der Waals surface area contributed by atoms with Gasteiger partial charge in [-0.2, -0.15) is 0 Å². The lowest BCUT2D eigenvalue weighted by Gasteiger charge is -2.21. The van der Waals surface area contributed by atoms with E-state index in [2.05, 4.69) is 5.32 Å². The van der Waals surface area contributed by atoms with Gasteiger partial charge < -0.3 is 5.32 Å². The normalized spacial score (nSPS) is 19.0. The first kappa shape index (κ1) is 5.83. The Labute approximate surface area is 51.0 Å². The lowest BCUT2D eigenvalue weighted by atomic mass is 10.7. The fraction of sp³-hybridized carbons (Fsp3) is 0.333. The smallest absolute Gasteiger partial charge is 0.319 e. The van der Waals surface area contributed by atoms with Crippen molar-refractivity contribution in [3.8, 4) is 0 Å². The summed E-state index contributed by atoms with van der Waals surface area (Å²) in [5, 5.41) is 5.10. The summed E-state index contributed by atoms with van der Waals surface area (Å²) in [6.45, 7) is 0.0602. The molecular weight excluding hydrogens is 124 g/mol. The maximum atomic E-state index is 10.4. The van der Waals surface area contributed by atoms with Crippen LogP contribution < -0.4 is 16.5 Å². The van der Waals surface area contributed by atoms with Crippen molar-refractivity contribution >= 4 is 12.1 Å². The maximum absolute atomic E-state index is 10.4. The molecule has 0 spiro atoms. The third-order valence-corrected chi connectivity index (χ3v) is 0.891. The largest absolute Gasteiger partial charge is 0.341 e. The first-order valence-electron chi connectivity index (χ1n) is 2.31. The van der Waals surface area contributed by atoms with Crippen LogP contribution in [-0.2, 0) is 0 Å². The van der Waals surface area contributed by atoms with Crippen LogP contribution in [0.2, 0.25) is 0 Å². The van der Waals surface area contributed by atoms with Crippen LogP contribution in [0.3, 0.4) is 0 Å². The number of rotatable bonds is 0. The second-order valence-electron chi connectivity index (χ2n) is 1.56. The topological polar surface area (TPSA) is 87.5 Å². The minimum Gasteiger partial charge on any atom is -0.319 e. The zero-order valence-electron chi connectivity index (χ0n) is 4.55. The fourth-order valence-corrected chi connectivity index (χ4v) is 0.442. The molecular formula is C3H6N4O2. The van der Waals surface area contributed by atoms with Crippen LogP contribution in [0, 0.1) is 0 Å². The van der Waals surface area contributed by atoms with Crippen LogP contribution in [0.25, 0.3) is 0 Å². The van der Waals surface area contributed by atoms with E-state index < -0.39 is 12.1 Å². The predicted molar refractivity (Wildman–Crippen MR) is 28.0 cm³/mol. The fourth-order valence-electron chi connectivity index (χ4n) is 0.442. The Hall–Kier alpha value is -1.30. The highest BCUT2D eigenvalue weighted by molar-refractivity contribution is 5.95. The van der Waals surface area contributed by atoms with Gasteiger partial charge in [0.25, 0.3) is 0 Å². The summed E-state index contributed by atoms with van der Waals surface area (Å²) < 4.78 is 0. The minimum atomic E-state index is -0.584. The van der Waals surface area contributed by atoms with Gasteiger partial charge in [0.1, 0.15) is 6.67 Å². The molecule has 1 aliphatic heterocycles. The molecule has 6 heteroatoms. The van der Waals surface area contributed by atoms with Crippen molar-refractivity contribution in [3.05, 3.63) is 0 Å². The van der Waals surface area contributed by atoms with Gasteiger partial charge in [-0.15, -0.1) is 0 Å². The summed E-state index contributed by atoms with van der Waals surface area (Å²) in [6.07, 6.45) is 0. The van der Waals surface area contributed by atoms with Gasteiger partial charge in [0.2, 0.25) is 0 Å². The Morgan fingerprint density at radius 2 is 2.22 bits per heavy atom. The van der Waals surface area contributed by atoms with Crippen LogP contribution in [0.15, 0.2) is 0 Å². The van der Waals surface area contributed by atoms with Gasteiger partial charge >= 0.3 is 12.1 Å². The van der Waals surface area contributed by atoms with Gasteiger partial charge in [-0.25, -0.2) is 20.4 Å². The molecule has 1 fully saturated rings. The number of nitrogens with zero attached hydrogens (tertiary/aromatic N) is 1. The molecule has 0 atom stereocenters. The molecule has 0 aliphatic carbocycles. The lowest BCUT2D eigenvalue weighted by molar-refractivity contribution is 0.177. The molecule has 1 rings (SSSR count). The van der Waals surface area contributed by atoms with Crippen LogP contribution in [-0.4, -0.2) is 23.7 Å². The van der Waals surface area contributed by atoms with Crippen molar-refractivity contribution in [2.45, 2.75) is 0 Å². The molecule has 4 amide bonds. The molecule has 0 aromatic heterocycles. The molecule has 1 saturated heterocycles. The molecule has 1 heterocycles. The number of imide groups is 1. The van der Waals surface area contributed by atoms with Crippen molar-refractivity contribution in [1.82, 2.24) is 15.6 Å². The van der Waals surface area contributed by atoms with Crippen LogP contribution in [0.5, 0.6) is 0 Å². The Balaban J connectivity index is 2.54. The number of hydrogen-bond donors (Lipinski definition) is 3. The Kier molecular flexibility index (Phi) is 1.23. The van der Waals surface area contributed by atoms with Crippen molar-refractivity contribution in [2.75, 3.05) is 6.67 Å². The van der Waals surface area contributed by atoms with E-state index in [0.717, 1.165) is 5.01 Å². The molecule has 0 aromatic rings. The first-order valence-corrected chi connectivity index (χ1v) is 2.31. The molecule has 6 nitrogen and oxygen atoms in total. The summed E-state index contributed by atoms with van der Waals surface area (Å²) in [6, 6.07) is -1.10. The third-order valence-electron chi connectivity index (χ3n) is 0.891. The van der Waals surface area contributed by atoms with E-state index in [1.54, 1.807) is 0 Å². The van der Waals surface area contributed by atoms with E-state index in [4.69, 9.17) is 5.84 Å². The minimum absolute atomic E-state index is 0.0602. The standard InChI is InChI=1S/C3H6N4O2/c4-7-1-5-2(8)6-3(7)9/h1,4H2,(H2,5,6,8,9). The maximum Gasteiger partial charge on any atom is 0.341 e. The summed E-state index contributed by atoms with van der Waals surface area (Å²) >= 11 is 0. The van der Waals surface area contributed by atoms with E-state index in [9.17, 15) is 9.59 Å². The molecule has 50 valence electrons. The average Bonchev–Trinajstić information content (AvgIpc) is 1.80. The zero-order chi connectivity index (χ0) is 6.85. The molecule has 9 heavy (non-hydrogen) atoms. The van der Waals surface area contributed by atoms with E-state index in [-0.39, 0.29) is 6.67 Å². The number of carbonyl (C=O) groups excluding carboxylic acids is 2. The number of hydrogen-bond acceptors (Lipinski definition) is 3. The van der Waals surface area contributed by atoms with Gasteiger partial charge in [0.05, 0.1) is 0 Å². The molecule has 4 N–H and O–H groups in total. The first-order chi connectivity index (χ1) is 4.20.